The predicted molar refractivity (Wildman–Crippen MR) is 57.7 cm³/mol. The van der Waals surface area contributed by atoms with E-state index < -0.39 is 0 Å². The summed E-state index contributed by atoms with van der Waals surface area (Å²) in [5.41, 5.74) is 3.88. The topological polar surface area (TPSA) is 0 Å². The summed E-state index contributed by atoms with van der Waals surface area (Å²) < 4.78 is 0. The summed E-state index contributed by atoms with van der Waals surface area (Å²) in [5, 5.41) is 0. The molecule has 0 saturated heterocycles. The first kappa shape index (κ1) is 11.5. The molecule has 0 radical (unpaired) electrons. The Hall–Kier alpha value is -0.560. The van der Waals surface area contributed by atoms with Gasteiger partial charge in [0.15, 0.2) is 0 Å². The maximum Gasteiger partial charge on any atom is 1.00 e. The zero-order chi connectivity index (χ0) is 9.10. The van der Waals surface area contributed by atoms with E-state index in [1.165, 1.54) is 16.7 Å². The van der Waals surface area contributed by atoms with Gasteiger partial charge in [-0.25, -0.2) is 0 Å². The molecule has 0 amide bonds. The Balaban J connectivity index is 0.000000980. The maximum absolute atomic E-state index is 2.20. The van der Waals surface area contributed by atoms with Gasteiger partial charge in [0.2, 0.25) is 0 Å². The van der Waals surface area contributed by atoms with Crippen LogP contribution in [0, 0.1) is 6.92 Å². The van der Waals surface area contributed by atoms with Crippen molar-refractivity contribution >= 4 is 0 Å². The van der Waals surface area contributed by atoms with Gasteiger partial charge in [-0.05, 0) is 18.1 Å². The van der Waals surface area contributed by atoms with Crippen molar-refractivity contribution in [2.45, 2.75) is 6.92 Å². The first-order chi connectivity index (χ1) is 6.36. The van der Waals surface area contributed by atoms with E-state index in [4.69, 9.17) is 0 Å². The molecular weight excluding hydrogens is 179 g/mol. The van der Waals surface area contributed by atoms with Crippen LogP contribution in [0.2, 0.25) is 0 Å². The normalized spacial score (nSPS) is 9.21. The molecule has 2 aromatic carbocycles. The van der Waals surface area contributed by atoms with Crippen molar-refractivity contribution in [1.29, 1.82) is 0 Å². The van der Waals surface area contributed by atoms with Crippen LogP contribution >= 0.6 is 0 Å². The van der Waals surface area contributed by atoms with Gasteiger partial charge in [0.1, 0.15) is 0 Å². The third-order valence-electron chi connectivity index (χ3n) is 2.13. The molecule has 0 aliphatic carbocycles. The molecule has 0 fully saturated rings. The summed E-state index contributed by atoms with van der Waals surface area (Å²) in [7, 11) is 0. The van der Waals surface area contributed by atoms with Crippen molar-refractivity contribution in [2.75, 3.05) is 0 Å². The van der Waals surface area contributed by atoms with Crippen LogP contribution in [0.4, 0.5) is 0 Å². The van der Waals surface area contributed by atoms with Crippen LogP contribution in [-0.2, 0) is 0 Å². The van der Waals surface area contributed by atoms with Crippen LogP contribution in [0.5, 0.6) is 0 Å². The van der Waals surface area contributed by atoms with E-state index in [0.717, 1.165) is 0 Å². The van der Waals surface area contributed by atoms with Gasteiger partial charge in [0.05, 0.1) is 0 Å². The number of hydrogen-bond donors (Lipinski definition) is 0. The molecule has 66 valence electrons. The summed E-state index contributed by atoms with van der Waals surface area (Å²) >= 11 is 0. The molecule has 0 nitrogen and oxygen atoms in total. The second-order valence-electron chi connectivity index (χ2n) is 3.24. The van der Waals surface area contributed by atoms with E-state index in [0.29, 0.717) is 0 Å². The second-order valence-corrected chi connectivity index (χ2v) is 3.24. The van der Waals surface area contributed by atoms with Gasteiger partial charge in [0, 0.05) is 0 Å². The molecule has 0 spiro atoms. The van der Waals surface area contributed by atoms with E-state index in [1.54, 1.807) is 0 Å². The second kappa shape index (κ2) is 5.35. The molecule has 1 heteroatoms. The van der Waals surface area contributed by atoms with Crippen LogP contribution in [-0.4, -0.2) is 0 Å². The molecule has 0 aliphatic rings. The third kappa shape index (κ3) is 2.71. The smallest absolute Gasteiger partial charge is 1.00 e. The number of hydrogen-bond acceptors (Lipinski definition) is 0. The molecule has 2 aromatic rings. The van der Waals surface area contributed by atoms with Crippen LogP contribution in [0.3, 0.4) is 0 Å². The Labute approximate surface area is 109 Å². The monoisotopic (exact) mass is 192 g/mol. The predicted octanol–water partition coefficient (Wildman–Crippen LogP) is 0.779. The fourth-order valence-electron chi connectivity index (χ4n) is 1.46. The van der Waals surface area contributed by atoms with Crippen molar-refractivity contribution in [3.05, 3.63) is 60.2 Å². The Morgan fingerprint density at radius 3 is 2.07 bits per heavy atom. The Morgan fingerprint density at radius 2 is 1.43 bits per heavy atom. The van der Waals surface area contributed by atoms with Gasteiger partial charge >= 0.3 is 29.6 Å². The van der Waals surface area contributed by atoms with E-state index in [9.17, 15) is 0 Å². The number of rotatable bonds is 1. The van der Waals surface area contributed by atoms with Gasteiger partial charge in [-0.1, -0.05) is 60.2 Å². The van der Waals surface area contributed by atoms with Gasteiger partial charge in [-0.15, -0.1) is 0 Å². The van der Waals surface area contributed by atoms with E-state index in [2.05, 4.69) is 55.5 Å². The minimum atomic E-state index is 0. The molecule has 0 bridgehead atoms. The molecule has 0 aromatic heterocycles. The van der Waals surface area contributed by atoms with Crippen molar-refractivity contribution in [3.8, 4) is 11.1 Å². The maximum atomic E-state index is 2.20. The van der Waals surface area contributed by atoms with Crippen molar-refractivity contribution < 1.29 is 31.0 Å². The Bertz CT molecular complexity index is 398. The molecule has 0 aliphatic heterocycles. The third-order valence-corrected chi connectivity index (χ3v) is 2.13. The van der Waals surface area contributed by atoms with Crippen molar-refractivity contribution in [2.24, 2.45) is 0 Å². The average molecular weight is 192 g/mol. The molecular formula is C13H13Na. The quantitative estimate of drug-likeness (QED) is 0.586. The van der Waals surface area contributed by atoms with E-state index in [-0.39, 0.29) is 31.0 Å². The standard InChI is InChI=1S/C13H12.Na.H/c1-11-6-5-9-13(10-11)12-7-3-2-4-8-12;;/h2-10H,1H3;;/q;+1;-1. The van der Waals surface area contributed by atoms with Crippen molar-refractivity contribution in [1.82, 2.24) is 0 Å². The van der Waals surface area contributed by atoms with Gasteiger partial charge in [-0.2, -0.15) is 0 Å². The largest absolute Gasteiger partial charge is 1.00 e. The molecule has 14 heavy (non-hydrogen) atoms. The van der Waals surface area contributed by atoms with E-state index in [1.807, 2.05) is 6.07 Å². The number of aryl methyl sites for hydroxylation is 1. The summed E-state index contributed by atoms with van der Waals surface area (Å²) in [6, 6.07) is 19.0. The fourth-order valence-corrected chi connectivity index (χ4v) is 1.46. The molecule has 2 rings (SSSR count). The molecule has 0 saturated carbocycles. The van der Waals surface area contributed by atoms with Crippen LogP contribution in [0.1, 0.15) is 6.99 Å². The first-order valence-electron chi connectivity index (χ1n) is 4.48. The molecule has 0 N–H and O–H groups in total. The first-order valence-corrected chi connectivity index (χ1v) is 4.48. The average Bonchev–Trinajstić information content (AvgIpc) is 2.19. The number of benzene rings is 2. The van der Waals surface area contributed by atoms with Crippen LogP contribution < -0.4 is 29.6 Å². The van der Waals surface area contributed by atoms with Gasteiger partial charge < -0.3 is 1.43 Å². The van der Waals surface area contributed by atoms with Crippen LogP contribution in [0.25, 0.3) is 11.1 Å². The van der Waals surface area contributed by atoms with Gasteiger partial charge in [0.25, 0.3) is 0 Å². The Morgan fingerprint density at radius 1 is 0.786 bits per heavy atom. The molecule has 0 heterocycles. The zero-order valence-corrected chi connectivity index (χ0v) is 10.7. The minimum Gasteiger partial charge on any atom is -1.00 e. The summed E-state index contributed by atoms with van der Waals surface area (Å²) in [6.45, 7) is 2.12. The van der Waals surface area contributed by atoms with Crippen molar-refractivity contribution in [3.63, 3.8) is 0 Å². The summed E-state index contributed by atoms with van der Waals surface area (Å²) in [5.74, 6) is 0. The van der Waals surface area contributed by atoms with Gasteiger partial charge in [-0.3, -0.25) is 0 Å². The van der Waals surface area contributed by atoms with Crippen LogP contribution in [0.15, 0.2) is 54.6 Å². The van der Waals surface area contributed by atoms with E-state index >= 15 is 0 Å². The molecule has 0 unspecified atom stereocenters. The summed E-state index contributed by atoms with van der Waals surface area (Å²) in [6.07, 6.45) is 0. The zero-order valence-electron chi connectivity index (χ0n) is 9.70. The molecule has 0 atom stereocenters. The minimum absolute atomic E-state index is 0. The summed E-state index contributed by atoms with van der Waals surface area (Å²) in [4.78, 5) is 0. The Kier molecular flexibility index (Phi) is 4.40. The SMILES string of the molecule is Cc1cccc(-c2ccccc2)c1.[H-].[Na+]. The fraction of sp³-hybridized carbons (Fsp3) is 0.0769.